The highest BCUT2D eigenvalue weighted by molar-refractivity contribution is 5.82. The molecule has 6 nitrogen and oxygen atoms in total. The Morgan fingerprint density at radius 3 is 2.26 bits per heavy atom. The molecule has 6 heteroatoms. The van der Waals surface area contributed by atoms with Crippen LogP contribution in [0.5, 0.6) is 0 Å². The second kappa shape index (κ2) is 9.15. The summed E-state index contributed by atoms with van der Waals surface area (Å²) in [4.78, 5) is 15.2. The molecule has 0 aromatic heterocycles. The minimum atomic E-state index is -0.260. The fourth-order valence-corrected chi connectivity index (χ4v) is 3.97. The topological polar surface area (TPSA) is 60.0 Å². The Morgan fingerprint density at radius 2 is 1.70 bits per heavy atom. The number of nitrogens with zero attached hydrogens (tertiary/aromatic N) is 1. The first-order valence-electron chi connectivity index (χ1n) is 9.93. The second-order valence-electron chi connectivity index (χ2n) is 7.93. The van der Waals surface area contributed by atoms with Crippen molar-refractivity contribution >= 4 is 5.91 Å². The van der Waals surface area contributed by atoms with Crippen LogP contribution in [0.15, 0.2) is 24.3 Å². The van der Waals surface area contributed by atoms with Gasteiger partial charge in [-0.2, -0.15) is 0 Å². The highest BCUT2D eigenvalue weighted by Crippen LogP contribution is 2.23. The summed E-state index contributed by atoms with van der Waals surface area (Å²) in [7, 11) is 0. The van der Waals surface area contributed by atoms with Gasteiger partial charge in [-0.05, 0) is 25.3 Å². The molecule has 1 N–H and O–H groups in total. The summed E-state index contributed by atoms with van der Waals surface area (Å²) in [6.45, 7) is 11.7. The third-order valence-corrected chi connectivity index (χ3v) is 5.08. The monoisotopic (exact) mass is 376 g/mol. The molecule has 3 atom stereocenters. The van der Waals surface area contributed by atoms with E-state index in [0.29, 0.717) is 19.8 Å². The van der Waals surface area contributed by atoms with Crippen molar-refractivity contribution in [2.75, 3.05) is 26.3 Å². The molecule has 1 aromatic carbocycles. The first-order valence-corrected chi connectivity index (χ1v) is 9.93. The van der Waals surface area contributed by atoms with Gasteiger partial charge in [-0.1, -0.05) is 38.1 Å². The Bertz CT molecular complexity index is 603. The van der Waals surface area contributed by atoms with Crippen LogP contribution in [0, 0.1) is 5.92 Å². The van der Waals surface area contributed by atoms with Gasteiger partial charge in [0.2, 0.25) is 5.91 Å². The molecule has 0 bridgehead atoms. The van der Waals surface area contributed by atoms with Crippen molar-refractivity contribution in [2.24, 2.45) is 5.92 Å². The van der Waals surface area contributed by atoms with Crippen LogP contribution in [0.2, 0.25) is 0 Å². The number of carbonyl (C=O) groups excluding carboxylic acids is 1. The number of ether oxygens (including phenoxy) is 3. The van der Waals surface area contributed by atoms with Crippen molar-refractivity contribution in [1.29, 1.82) is 0 Å². The lowest BCUT2D eigenvalue weighted by molar-refractivity contribution is -0.135. The van der Waals surface area contributed by atoms with E-state index in [0.717, 1.165) is 24.2 Å². The largest absolute Gasteiger partial charge is 0.373 e. The number of morpholine rings is 1. The van der Waals surface area contributed by atoms with Crippen LogP contribution in [0.4, 0.5) is 0 Å². The number of benzene rings is 1. The quantitative estimate of drug-likeness (QED) is 0.827. The lowest BCUT2D eigenvalue weighted by atomic mass is 9.99. The Balaban J connectivity index is 1.57. The number of amides is 1. The highest BCUT2D eigenvalue weighted by Gasteiger charge is 2.34. The summed E-state index contributed by atoms with van der Waals surface area (Å²) in [6.07, 6.45) is 0.0370. The maximum Gasteiger partial charge on any atom is 0.237 e. The average Bonchev–Trinajstić information content (AvgIpc) is 3.14. The van der Waals surface area contributed by atoms with E-state index in [1.165, 1.54) is 0 Å². The van der Waals surface area contributed by atoms with Gasteiger partial charge in [-0.3, -0.25) is 9.69 Å². The molecule has 3 rings (SSSR count). The molecule has 2 fully saturated rings. The Hall–Kier alpha value is -1.47. The van der Waals surface area contributed by atoms with Crippen LogP contribution < -0.4 is 5.32 Å². The van der Waals surface area contributed by atoms with E-state index in [1.54, 1.807) is 0 Å². The van der Waals surface area contributed by atoms with E-state index in [4.69, 9.17) is 14.2 Å². The second-order valence-corrected chi connectivity index (χ2v) is 7.93. The van der Waals surface area contributed by atoms with Gasteiger partial charge < -0.3 is 19.5 Å². The normalized spacial score (nSPS) is 25.7. The van der Waals surface area contributed by atoms with Crippen LogP contribution in [0.3, 0.4) is 0 Å². The Labute approximate surface area is 162 Å². The van der Waals surface area contributed by atoms with Crippen LogP contribution in [0.1, 0.15) is 45.1 Å². The summed E-state index contributed by atoms with van der Waals surface area (Å²) >= 11 is 0. The van der Waals surface area contributed by atoms with Crippen LogP contribution in [0.25, 0.3) is 0 Å². The van der Waals surface area contributed by atoms with Crippen molar-refractivity contribution in [2.45, 2.75) is 58.8 Å². The zero-order chi connectivity index (χ0) is 19.4. The standard InChI is InChI=1S/C21H32N2O4/c1-14(2)19(23-12-15(3)27-16(4)13-23)20(24)22-11-17-5-7-18(8-6-17)21-25-9-10-26-21/h5-8,14-16,19,21H,9-13H2,1-4H3,(H,22,24)/t15-,16-,19-/m1/s1. The maximum atomic E-state index is 12.9. The molecular formula is C21H32N2O4. The molecule has 2 saturated heterocycles. The molecular weight excluding hydrogens is 344 g/mol. The molecule has 0 saturated carbocycles. The highest BCUT2D eigenvalue weighted by atomic mass is 16.7. The first kappa shape index (κ1) is 20.3. The summed E-state index contributed by atoms with van der Waals surface area (Å²) in [5.74, 6) is 0.319. The van der Waals surface area contributed by atoms with Crippen LogP contribution in [-0.2, 0) is 25.5 Å². The molecule has 2 heterocycles. The molecule has 150 valence electrons. The van der Waals surface area contributed by atoms with E-state index in [2.05, 4.69) is 37.9 Å². The minimum Gasteiger partial charge on any atom is -0.373 e. The first-order chi connectivity index (χ1) is 12.9. The van der Waals surface area contributed by atoms with E-state index in [1.807, 2.05) is 24.3 Å². The van der Waals surface area contributed by atoms with E-state index in [-0.39, 0.29) is 36.4 Å². The fraction of sp³-hybridized carbons (Fsp3) is 0.667. The van der Waals surface area contributed by atoms with Gasteiger partial charge in [0.1, 0.15) is 0 Å². The number of rotatable bonds is 6. The molecule has 0 radical (unpaired) electrons. The molecule has 2 aliphatic rings. The fourth-order valence-electron chi connectivity index (χ4n) is 3.97. The molecule has 0 unspecified atom stereocenters. The van der Waals surface area contributed by atoms with Crippen molar-refractivity contribution in [3.05, 3.63) is 35.4 Å². The third kappa shape index (κ3) is 5.29. The number of hydrogen-bond acceptors (Lipinski definition) is 5. The van der Waals surface area contributed by atoms with Crippen LogP contribution >= 0.6 is 0 Å². The van der Waals surface area contributed by atoms with Gasteiger partial charge in [0.25, 0.3) is 0 Å². The Kier molecular flexibility index (Phi) is 6.87. The lowest BCUT2D eigenvalue weighted by Crippen LogP contribution is -2.56. The van der Waals surface area contributed by atoms with Crippen molar-refractivity contribution in [3.63, 3.8) is 0 Å². The summed E-state index contributed by atoms with van der Waals surface area (Å²) in [5.41, 5.74) is 2.08. The predicted molar refractivity (Wildman–Crippen MR) is 103 cm³/mol. The average molecular weight is 376 g/mol. The van der Waals surface area contributed by atoms with Crippen molar-refractivity contribution in [1.82, 2.24) is 10.2 Å². The zero-order valence-corrected chi connectivity index (χ0v) is 16.8. The Morgan fingerprint density at radius 1 is 1.11 bits per heavy atom. The van der Waals surface area contributed by atoms with E-state index >= 15 is 0 Å². The molecule has 0 spiro atoms. The van der Waals surface area contributed by atoms with Gasteiger partial charge in [-0.15, -0.1) is 0 Å². The van der Waals surface area contributed by atoms with E-state index < -0.39 is 0 Å². The molecule has 27 heavy (non-hydrogen) atoms. The summed E-state index contributed by atoms with van der Waals surface area (Å²) < 4.78 is 16.8. The SMILES string of the molecule is CC(C)[C@H](C(=O)NCc1ccc(C2OCCO2)cc1)N1C[C@@H](C)O[C@H](C)C1. The zero-order valence-electron chi connectivity index (χ0n) is 16.8. The van der Waals surface area contributed by atoms with E-state index in [9.17, 15) is 4.79 Å². The molecule has 0 aliphatic carbocycles. The molecule has 1 aromatic rings. The number of carbonyl (C=O) groups is 1. The number of hydrogen-bond donors (Lipinski definition) is 1. The molecule has 2 aliphatic heterocycles. The van der Waals surface area contributed by atoms with Gasteiger partial charge >= 0.3 is 0 Å². The minimum absolute atomic E-state index is 0.0813. The third-order valence-electron chi connectivity index (χ3n) is 5.08. The van der Waals surface area contributed by atoms with Gasteiger partial charge in [0, 0.05) is 25.2 Å². The lowest BCUT2D eigenvalue weighted by Gasteiger charge is -2.41. The smallest absolute Gasteiger partial charge is 0.237 e. The van der Waals surface area contributed by atoms with Gasteiger partial charge in [-0.25, -0.2) is 0 Å². The van der Waals surface area contributed by atoms with Gasteiger partial charge in [0.05, 0.1) is 31.5 Å². The van der Waals surface area contributed by atoms with Crippen molar-refractivity contribution < 1.29 is 19.0 Å². The van der Waals surface area contributed by atoms with Gasteiger partial charge in [0.15, 0.2) is 6.29 Å². The predicted octanol–water partition coefficient (Wildman–Crippen LogP) is 2.48. The van der Waals surface area contributed by atoms with Crippen LogP contribution in [-0.4, -0.2) is 55.4 Å². The maximum absolute atomic E-state index is 12.9. The van der Waals surface area contributed by atoms with Crippen molar-refractivity contribution in [3.8, 4) is 0 Å². The summed E-state index contributed by atoms with van der Waals surface area (Å²) in [5, 5.41) is 3.11. The summed E-state index contributed by atoms with van der Waals surface area (Å²) in [6, 6.07) is 7.90. The number of nitrogens with one attached hydrogen (secondary N) is 1. The molecule has 1 amide bonds.